The van der Waals surface area contributed by atoms with E-state index in [0.29, 0.717) is 12.0 Å². The standard InChI is InChI=1S/C12H12O3/c1-2-11(13)8-9-15-12(14)10-6-4-3-5-7-10/h3-9H,2H2,1H3. The molecule has 0 unspecified atom stereocenters. The number of carbonyl (C=O) groups is 2. The maximum Gasteiger partial charge on any atom is 0.342 e. The Labute approximate surface area is 88.4 Å². The minimum Gasteiger partial charge on any atom is -0.431 e. The Bertz CT molecular complexity index is 366. The van der Waals surface area contributed by atoms with E-state index in [0.717, 1.165) is 6.26 Å². The van der Waals surface area contributed by atoms with Crippen LogP contribution in [0.5, 0.6) is 0 Å². The number of carbonyl (C=O) groups excluding carboxylic acids is 2. The molecule has 0 heterocycles. The molecule has 0 aliphatic carbocycles. The van der Waals surface area contributed by atoms with E-state index in [1.807, 2.05) is 6.07 Å². The first-order chi connectivity index (χ1) is 7.24. The lowest BCUT2D eigenvalue weighted by Gasteiger charge is -1.97. The van der Waals surface area contributed by atoms with Gasteiger partial charge in [-0.15, -0.1) is 0 Å². The Kier molecular flexibility index (Phi) is 4.29. The fraction of sp³-hybridized carbons (Fsp3) is 0.167. The van der Waals surface area contributed by atoms with Crippen LogP contribution < -0.4 is 0 Å². The highest BCUT2D eigenvalue weighted by Crippen LogP contribution is 2.01. The van der Waals surface area contributed by atoms with Gasteiger partial charge in [0.05, 0.1) is 11.8 Å². The summed E-state index contributed by atoms with van der Waals surface area (Å²) < 4.78 is 4.76. The predicted octanol–water partition coefficient (Wildman–Crippen LogP) is 2.34. The van der Waals surface area contributed by atoms with Gasteiger partial charge in [-0.3, -0.25) is 4.79 Å². The fourth-order valence-electron chi connectivity index (χ4n) is 0.932. The van der Waals surface area contributed by atoms with E-state index in [9.17, 15) is 9.59 Å². The largest absolute Gasteiger partial charge is 0.431 e. The summed E-state index contributed by atoms with van der Waals surface area (Å²) in [5, 5.41) is 0. The number of ether oxygens (including phenoxy) is 1. The highest BCUT2D eigenvalue weighted by atomic mass is 16.5. The van der Waals surface area contributed by atoms with Crippen LogP contribution in [0.15, 0.2) is 42.7 Å². The summed E-state index contributed by atoms with van der Waals surface area (Å²) in [6.07, 6.45) is 2.78. The summed E-state index contributed by atoms with van der Waals surface area (Å²) in [6, 6.07) is 8.61. The number of hydrogen-bond acceptors (Lipinski definition) is 3. The van der Waals surface area contributed by atoms with Crippen molar-refractivity contribution in [1.82, 2.24) is 0 Å². The second kappa shape index (κ2) is 5.75. The molecule has 0 saturated heterocycles. The van der Waals surface area contributed by atoms with Gasteiger partial charge in [0.1, 0.15) is 0 Å². The molecule has 0 atom stereocenters. The third-order valence-corrected chi connectivity index (χ3v) is 1.79. The molecule has 0 aromatic heterocycles. The van der Waals surface area contributed by atoms with Crippen molar-refractivity contribution in [3.8, 4) is 0 Å². The Morgan fingerprint density at radius 3 is 2.53 bits per heavy atom. The normalized spacial score (nSPS) is 10.2. The fourth-order valence-corrected chi connectivity index (χ4v) is 0.932. The van der Waals surface area contributed by atoms with Gasteiger partial charge < -0.3 is 4.74 Å². The number of esters is 1. The smallest absolute Gasteiger partial charge is 0.342 e. The van der Waals surface area contributed by atoms with Gasteiger partial charge in [0.2, 0.25) is 0 Å². The monoisotopic (exact) mass is 204 g/mol. The third kappa shape index (κ3) is 3.77. The number of rotatable bonds is 4. The molecule has 1 aromatic rings. The topological polar surface area (TPSA) is 43.4 Å². The zero-order valence-corrected chi connectivity index (χ0v) is 8.47. The van der Waals surface area contributed by atoms with E-state index in [2.05, 4.69) is 0 Å². The second-order valence-electron chi connectivity index (χ2n) is 2.89. The van der Waals surface area contributed by atoms with Crippen LogP contribution in [-0.4, -0.2) is 11.8 Å². The first-order valence-electron chi connectivity index (χ1n) is 4.69. The zero-order chi connectivity index (χ0) is 11.1. The van der Waals surface area contributed by atoms with Crippen LogP contribution in [0, 0.1) is 0 Å². The van der Waals surface area contributed by atoms with Gasteiger partial charge in [-0.1, -0.05) is 25.1 Å². The maximum absolute atomic E-state index is 11.3. The lowest BCUT2D eigenvalue weighted by atomic mass is 10.2. The summed E-state index contributed by atoms with van der Waals surface area (Å²) in [6.45, 7) is 1.74. The highest BCUT2D eigenvalue weighted by Gasteiger charge is 2.03. The molecule has 0 fully saturated rings. The van der Waals surface area contributed by atoms with Crippen molar-refractivity contribution < 1.29 is 14.3 Å². The molecule has 78 valence electrons. The average molecular weight is 204 g/mol. The Hall–Kier alpha value is -1.90. The predicted molar refractivity (Wildman–Crippen MR) is 56.3 cm³/mol. The van der Waals surface area contributed by atoms with Crippen molar-refractivity contribution >= 4 is 11.8 Å². The number of allylic oxidation sites excluding steroid dienone is 1. The molecule has 0 radical (unpaired) electrons. The third-order valence-electron chi connectivity index (χ3n) is 1.79. The van der Waals surface area contributed by atoms with Gasteiger partial charge in [-0.2, -0.15) is 0 Å². The number of hydrogen-bond donors (Lipinski definition) is 0. The molecule has 0 spiro atoms. The van der Waals surface area contributed by atoms with Crippen LogP contribution in [0.2, 0.25) is 0 Å². The molecule has 3 nitrogen and oxygen atoms in total. The molecule has 15 heavy (non-hydrogen) atoms. The van der Waals surface area contributed by atoms with E-state index in [1.54, 1.807) is 31.2 Å². The van der Waals surface area contributed by atoms with Gasteiger partial charge in [-0.25, -0.2) is 4.79 Å². The summed E-state index contributed by atoms with van der Waals surface area (Å²) in [4.78, 5) is 22.2. The van der Waals surface area contributed by atoms with E-state index < -0.39 is 5.97 Å². The van der Waals surface area contributed by atoms with Crippen LogP contribution in [-0.2, 0) is 9.53 Å². The first-order valence-corrected chi connectivity index (χ1v) is 4.69. The number of ketones is 1. The van der Waals surface area contributed by atoms with Crippen molar-refractivity contribution in [3.63, 3.8) is 0 Å². The average Bonchev–Trinajstić information content (AvgIpc) is 2.29. The van der Waals surface area contributed by atoms with Crippen LogP contribution >= 0.6 is 0 Å². The van der Waals surface area contributed by atoms with Crippen molar-refractivity contribution in [2.45, 2.75) is 13.3 Å². The quantitative estimate of drug-likeness (QED) is 0.429. The van der Waals surface area contributed by atoms with E-state index in [1.165, 1.54) is 6.08 Å². The van der Waals surface area contributed by atoms with Gasteiger partial charge in [0, 0.05) is 12.5 Å². The van der Waals surface area contributed by atoms with Crippen LogP contribution in [0.1, 0.15) is 23.7 Å². The molecule has 0 saturated carbocycles. The van der Waals surface area contributed by atoms with Crippen LogP contribution in [0.3, 0.4) is 0 Å². The summed E-state index contributed by atoms with van der Waals surface area (Å²) >= 11 is 0. The Balaban J connectivity index is 2.51. The van der Waals surface area contributed by atoms with Crippen molar-refractivity contribution in [3.05, 3.63) is 48.2 Å². The molecule has 0 N–H and O–H groups in total. The SMILES string of the molecule is CCC(=O)C=COC(=O)c1ccccc1. The minimum atomic E-state index is -0.462. The lowest BCUT2D eigenvalue weighted by Crippen LogP contribution is -2.00. The van der Waals surface area contributed by atoms with Gasteiger partial charge >= 0.3 is 5.97 Å². The lowest BCUT2D eigenvalue weighted by molar-refractivity contribution is -0.114. The van der Waals surface area contributed by atoms with Gasteiger partial charge in [-0.05, 0) is 12.1 Å². The van der Waals surface area contributed by atoms with Crippen molar-refractivity contribution in [2.24, 2.45) is 0 Å². The molecule has 0 bridgehead atoms. The zero-order valence-electron chi connectivity index (χ0n) is 8.47. The van der Waals surface area contributed by atoms with Gasteiger partial charge in [0.15, 0.2) is 5.78 Å². The molecular weight excluding hydrogens is 192 g/mol. The molecule has 1 rings (SSSR count). The molecule has 0 aliphatic heterocycles. The molecule has 3 heteroatoms. The minimum absolute atomic E-state index is 0.0733. The Morgan fingerprint density at radius 1 is 1.27 bits per heavy atom. The highest BCUT2D eigenvalue weighted by molar-refractivity contribution is 5.91. The van der Waals surface area contributed by atoms with Crippen molar-refractivity contribution in [1.29, 1.82) is 0 Å². The van der Waals surface area contributed by atoms with Crippen molar-refractivity contribution in [2.75, 3.05) is 0 Å². The maximum atomic E-state index is 11.3. The van der Waals surface area contributed by atoms with Crippen LogP contribution in [0.4, 0.5) is 0 Å². The second-order valence-corrected chi connectivity index (χ2v) is 2.89. The Morgan fingerprint density at radius 2 is 1.93 bits per heavy atom. The summed E-state index contributed by atoms with van der Waals surface area (Å²) in [7, 11) is 0. The number of benzene rings is 1. The first kappa shape index (κ1) is 11.2. The molecule has 1 aromatic carbocycles. The summed E-state index contributed by atoms with van der Waals surface area (Å²) in [5.74, 6) is -0.536. The van der Waals surface area contributed by atoms with E-state index >= 15 is 0 Å². The molecular formula is C12H12O3. The summed E-state index contributed by atoms with van der Waals surface area (Å²) in [5.41, 5.74) is 0.464. The van der Waals surface area contributed by atoms with E-state index in [-0.39, 0.29) is 5.78 Å². The molecule has 0 amide bonds. The van der Waals surface area contributed by atoms with Crippen LogP contribution in [0.25, 0.3) is 0 Å². The van der Waals surface area contributed by atoms with Gasteiger partial charge in [0.25, 0.3) is 0 Å². The molecule has 0 aliphatic rings. The van der Waals surface area contributed by atoms with E-state index in [4.69, 9.17) is 4.74 Å².